The largest absolute Gasteiger partial charge is 0.497 e. The Labute approximate surface area is 161 Å². The molecule has 0 amide bonds. The summed E-state index contributed by atoms with van der Waals surface area (Å²) in [6.45, 7) is 2.14. The molecule has 0 atom stereocenters. The van der Waals surface area contributed by atoms with E-state index in [-0.39, 0.29) is 5.56 Å². The maximum Gasteiger partial charge on any atom is 0.267 e. The van der Waals surface area contributed by atoms with Crippen molar-refractivity contribution in [2.75, 3.05) is 12.9 Å². The molecule has 0 fully saturated rings. The van der Waals surface area contributed by atoms with Crippen molar-refractivity contribution in [2.45, 2.75) is 44.2 Å². The van der Waals surface area contributed by atoms with Gasteiger partial charge in [-0.25, -0.2) is 4.98 Å². The van der Waals surface area contributed by atoms with Crippen LogP contribution in [0.15, 0.2) is 34.2 Å². The highest BCUT2D eigenvalue weighted by atomic mass is 32.2. The quantitative estimate of drug-likeness (QED) is 0.465. The van der Waals surface area contributed by atoms with E-state index in [9.17, 15) is 4.79 Å². The molecular weight excluding hydrogens is 364 g/mol. The molecule has 4 rings (SSSR count). The van der Waals surface area contributed by atoms with Gasteiger partial charge in [-0.1, -0.05) is 24.8 Å². The molecule has 0 saturated heterocycles. The number of ether oxygens (including phenoxy) is 1. The predicted molar refractivity (Wildman–Crippen MR) is 109 cm³/mol. The van der Waals surface area contributed by atoms with Crippen LogP contribution in [0.5, 0.6) is 5.75 Å². The molecule has 4 nitrogen and oxygen atoms in total. The van der Waals surface area contributed by atoms with Crippen molar-refractivity contribution in [3.63, 3.8) is 0 Å². The van der Waals surface area contributed by atoms with E-state index >= 15 is 0 Å². The van der Waals surface area contributed by atoms with E-state index in [1.54, 1.807) is 34.8 Å². The zero-order valence-corrected chi connectivity index (χ0v) is 16.7. The Hall–Kier alpha value is -1.79. The maximum absolute atomic E-state index is 13.5. The second-order valence-electron chi connectivity index (χ2n) is 6.48. The Morgan fingerprint density at radius 1 is 1.31 bits per heavy atom. The van der Waals surface area contributed by atoms with Gasteiger partial charge in [0.25, 0.3) is 5.56 Å². The van der Waals surface area contributed by atoms with Crippen LogP contribution in [0.25, 0.3) is 15.9 Å². The van der Waals surface area contributed by atoms with Crippen molar-refractivity contribution in [1.29, 1.82) is 0 Å². The molecule has 6 heteroatoms. The number of thiophene rings is 1. The third kappa shape index (κ3) is 3.05. The minimum absolute atomic E-state index is 0.0567. The number of thioether (sulfide) groups is 1. The number of hydrogen-bond donors (Lipinski definition) is 0. The zero-order valence-electron chi connectivity index (χ0n) is 15.1. The highest BCUT2D eigenvalue weighted by Crippen LogP contribution is 2.35. The van der Waals surface area contributed by atoms with Gasteiger partial charge < -0.3 is 4.74 Å². The van der Waals surface area contributed by atoms with Crippen LogP contribution in [-0.2, 0) is 12.8 Å². The van der Waals surface area contributed by atoms with Crippen LogP contribution in [-0.4, -0.2) is 22.4 Å². The minimum Gasteiger partial charge on any atom is -0.497 e. The number of hydrogen-bond acceptors (Lipinski definition) is 5. The lowest BCUT2D eigenvalue weighted by Gasteiger charge is -2.14. The molecular formula is C20H22N2O2S2. The highest BCUT2D eigenvalue weighted by molar-refractivity contribution is 7.99. The Kier molecular flexibility index (Phi) is 5.05. The van der Waals surface area contributed by atoms with Crippen molar-refractivity contribution in [1.82, 2.24) is 9.55 Å². The van der Waals surface area contributed by atoms with Gasteiger partial charge in [0, 0.05) is 16.7 Å². The third-order valence-electron chi connectivity index (χ3n) is 4.70. The first kappa shape index (κ1) is 17.6. The first-order chi connectivity index (χ1) is 12.7. The average Bonchev–Trinajstić information content (AvgIpc) is 3.05. The standard InChI is InChI=1S/C20H22N2O2S2/c1-3-11-25-20-21-18-17(15-9-4-5-10-16(15)26-18)19(23)22(20)13-7-6-8-14(12-13)24-2/h6-8,12H,3-5,9-11H2,1-2H3. The van der Waals surface area contributed by atoms with Gasteiger partial charge in [-0.05, 0) is 49.8 Å². The summed E-state index contributed by atoms with van der Waals surface area (Å²) in [6.07, 6.45) is 5.47. The van der Waals surface area contributed by atoms with E-state index < -0.39 is 0 Å². The first-order valence-corrected chi connectivity index (χ1v) is 10.9. The van der Waals surface area contributed by atoms with E-state index in [1.807, 2.05) is 24.3 Å². The molecule has 3 aromatic rings. The third-order valence-corrected chi connectivity index (χ3v) is 7.04. The Balaban J connectivity index is 1.98. The van der Waals surface area contributed by atoms with Crippen LogP contribution in [0.4, 0.5) is 0 Å². The molecule has 2 heterocycles. The molecule has 2 aromatic heterocycles. The van der Waals surface area contributed by atoms with Gasteiger partial charge in [-0.2, -0.15) is 0 Å². The Bertz CT molecular complexity index is 1010. The van der Waals surface area contributed by atoms with E-state index in [2.05, 4.69) is 6.92 Å². The summed E-state index contributed by atoms with van der Waals surface area (Å²) in [7, 11) is 1.64. The monoisotopic (exact) mass is 386 g/mol. The fraction of sp³-hybridized carbons (Fsp3) is 0.400. The van der Waals surface area contributed by atoms with Crippen LogP contribution in [0.3, 0.4) is 0 Å². The molecule has 0 unspecified atom stereocenters. The smallest absolute Gasteiger partial charge is 0.267 e. The van der Waals surface area contributed by atoms with Gasteiger partial charge in [0.2, 0.25) is 0 Å². The van der Waals surface area contributed by atoms with Crippen LogP contribution in [0, 0.1) is 0 Å². The lowest BCUT2D eigenvalue weighted by molar-refractivity contribution is 0.414. The van der Waals surface area contributed by atoms with E-state index in [0.29, 0.717) is 0 Å². The molecule has 0 spiro atoms. The number of rotatable bonds is 5. The van der Waals surface area contributed by atoms with E-state index in [0.717, 1.165) is 58.2 Å². The molecule has 1 aromatic carbocycles. The summed E-state index contributed by atoms with van der Waals surface area (Å²) in [5.74, 6) is 1.68. The number of aryl methyl sites for hydroxylation is 2. The topological polar surface area (TPSA) is 44.1 Å². The first-order valence-electron chi connectivity index (χ1n) is 9.07. The lowest BCUT2D eigenvalue weighted by atomic mass is 9.97. The second kappa shape index (κ2) is 7.45. The van der Waals surface area contributed by atoms with Gasteiger partial charge >= 0.3 is 0 Å². The average molecular weight is 387 g/mol. The number of fused-ring (bicyclic) bond motifs is 3. The molecule has 0 N–H and O–H groups in total. The number of benzene rings is 1. The number of methoxy groups -OCH3 is 1. The van der Waals surface area contributed by atoms with Crippen LogP contribution >= 0.6 is 23.1 Å². The zero-order chi connectivity index (χ0) is 18.1. The summed E-state index contributed by atoms with van der Waals surface area (Å²) < 4.78 is 7.13. The summed E-state index contributed by atoms with van der Waals surface area (Å²) in [5.41, 5.74) is 2.11. The van der Waals surface area contributed by atoms with Crippen molar-refractivity contribution >= 4 is 33.3 Å². The van der Waals surface area contributed by atoms with Crippen LogP contribution < -0.4 is 10.3 Å². The van der Waals surface area contributed by atoms with Gasteiger partial charge in [0.1, 0.15) is 10.6 Å². The van der Waals surface area contributed by atoms with Gasteiger partial charge in [-0.3, -0.25) is 9.36 Å². The van der Waals surface area contributed by atoms with Crippen molar-refractivity contribution in [3.8, 4) is 11.4 Å². The van der Waals surface area contributed by atoms with Gasteiger partial charge in [-0.15, -0.1) is 11.3 Å². The molecule has 26 heavy (non-hydrogen) atoms. The molecule has 0 radical (unpaired) electrons. The number of aromatic nitrogens is 2. The SMILES string of the molecule is CCCSc1nc2sc3c(c2c(=O)n1-c1cccc(OC)c1)CCCC3. The molecule has 136 valence electrons. The molecule has 1 aliphatic carbocycles. The normalized spacial score (nSPS) is 13.8. The lowest BCUT2D eigenvalue weighted by Crippen LogP contribution is -2.22. The predicted octanol–water partition coefficient (Wildman–Crippen LogP) is 4.84. The van der Waals surface area contributed by atoms with E-state index in [1.165, 1.54) is 16.9 Å². The van der Waals surface area contributed by atoms with Gasteiger partial charge in [0.05, 0.1) is 18.2 Å². The van der Waals surface area contributed by atoms with Crippen molar-refractivity contribution in [2.24, 2.45) is 0 Å². The maximum atomic E-state index is 13.5. The molecule has 0 aliphatic heterocycles. The summed E-state index contributed by atoms with van der Waals surface area (Å²) in [4.78, 5) is 20.7. The van der Waals surface area contributed by atoms with Gasteiger partial charge in [0.15, 0.2) is 5.16 Å². The Morgan fingerprint density at radius 2 is 2.15 bits per heavy atom. The fourth-order valence-electron chi connectivity index (χ4n) is 3.45. The summed E-state index contributed by atoms with van der Waals surface area (Å²) in [6, 6.07) is 7.67. The number of nitrogens with zero attached hydrogens (tertiary/aromatic N) is 2. The Morgan fingerprint density at radius 3 is 2.96 bits per heavy atom. The van der Waals surface area contributed by atoms with Crippen molar-refractivity contribution < 1.29 is 4.74 Å². The van der Waals surface area contributed by atoms with Crippen LogP contribution in [0.2, 0.25) is 0 Å². The summed E-state index contributed by atoms with van der Waals surface area (Å²) in [5, 5.41) is 1.60. The molecule has 0 bridgehead atoms. The van der Waals surface area contributed by atoms with Crippen LogP contribution in [0.1, 0.15) is 36.6 Å². The molecule has 0 saturated carbocycles. The van der Waals surface area contributed by atoms with E-state index in [4.69, 9.17) is 9.72 Å². The second-order valence-corrected chi connectivity index (χ2v) is 8.62. The molecule has 1 aliphatic rings. The van der Waals surface area contributed by atoms with Crippen molar-refractivity contribution in [3.05, 3.63) is 45.1 Å². The minimum atomic E-state index is 0.0567. The fourth-order valence-corrected chi connectivity index (χ4v) is 5.62. The summed E-state index contributed by atoms with van der Waals surface area (Å²) >= 11 is 3.36. The highest BCUT2D eigenvalue weighted by Gasteiger charge is 2.22.